The van der Waals surface area contributed by atoms with E-state index in [0.717, 1.165) is 54.9 Å². The molecule has 3 fully saturated rings. The number of aryl methyl sites for hydroxylation is 1. The van der Waals surface area contributed by atoms with Crippen molar-refractivity contribution in [3.8, 4) is 16.9 Å². The molecule has 1 amide bonds. The van der Waals surface area contributed by atoms with Gasteiger partial charge in [-0.25, -0.2) is 4.79 Å². The molecule has 31 heavy (non-hydrogen) atoms. The molecule has 0 aromatic heterocycles. The summed E-state index contributed by atoms with van der Waals surface area (Å²) in [5.74, 6) is 1.34. The summed E-state index contributed by atoms with van der Waals surface area (Å²) in [6, 6.07) is 14.6. The third kappa shape index (κ3) is 4.03. The van der Waals surface area contributed by atoms with Crippen LogP contribution in [-0.4, -0.2) is 43.3 Å². The Morgan fingerprint density at radius 1 is 1.10 bits per heavy atom. The molecule has 2 bridgehead atoms. The number of ether oxygens (including phenoxy) is 2. The molecule has 4 aliphatic rings. The molecule has 4 aliphatic heterocycles. The molecule has 5 nitrogen and oxygen atoms in total. The van der Waals surface area contributed by atoms with Gasteiger partial charge in [0.05, 0.1) is 12.6 Å². The van der Waals surface area contributed by atoms with Gasteiger partial charge in [-0.1, -0.05) is 55.8 Å². The molecule has 0 aliphatic carbocycles. The van der Waals surface area contributed by atoms with E-state index in [-0.39, 0.29) is 23.7 Å². The molecule has 4 heterocycles. The van der Waals surface area contributed by atoms with Crippen LogP contribution in [0.1, 0.15) is 43.9 Å². The molecule has 1 unspecified atom stereocenters. The lowest BCUT2D eigenvalue weighted by atomic mass is 9.78. The first kappa shape index (κ1) is 20.4. The molecule has 6 rings (SSSR count). The number of nitrogens with zero attached hydrogens (tertiary/aromatic N) is 1. The van der Waals surface area contributed by atoms with Crippen LogP contribution in [-0.2, 0) is 4.74 Å². The Morgan fingerprint density at radius 2 is 1.81 bits per heavy atom. The monoisotopic (exact) mass is 420 g/mol. The molecular formula is C26H32N2O3. The quantitative estimate of drug-likeness (QED) is 0.764. The van der Waals surface area contributed by atoms with Gasteiger partial charge in [0.25, 0.3) is 0 Å². The van der Waals surface area contributed by atoms with Crippen LogP contribution in [0.15, 0.2) is 42.5 Å². The molecule has 0 saturated carbocycles. The highest BCUT2D eigenvalue weighted by Gasteiger charge is 2.41. The molecule has 2 aromatic carbocycles. The lowest BCUT2D eigenvalue weighted by Gasteiger charge is -2.44. The Hall–Kier alpha value is -2.53. The third-order valence-corrected chi connectivity index (χ3v) is 7.21. The standard InChI is InChI=1S/C26H32N2O3/c1-17-4-6-18(7-5-17)20-8-9-21-22(14-20)30-16-26(2,3)24(21)27-25(29)31-23-15-28-12-10-19(23)11-13-28/h4-9,14,19,23-24H,10-13,15-16H2,1-3H3,(H,27,29)/t23-,24?/m0/s1. The maximum absolute atomic E-state index is 12.9. The van der Waals surface area contributed by atoms with Crippen LogP contribution in [0.2, 0.25) is 0 Å². The van der Waals surface area contributed by atoms with Crippen molar-refractivity contribution in [2.45, 2.75) is 45.8 Å². The molecule has 0 radical (unpaired) electrons. The summed E-state index contributed by atoms with van der Waals surface area (Å²) in [7, 11) is 0. The summed E-state index contributed by atoms with van der Waals surface area (Å²) in [5.41, 5.74) is 4.30. The number of alkyl carbamates (subject to hydrolysis) is 1. The molecule has 0 spiro atoms. The SMILES string of the molecule is Cc1ccc(-c2ccc3c(c2)OCC(C)(C)C3NC(=O)O[C@H]2CN3CCC2CC3)cc1. The maximum atomic E-state index is 12.9. The number of amides is 1. The molecule has 5 heteroatoms. The van der Waals surface area contributed by atoms with Crippen molar-refractivity contribution in [1.82, 2.24) is 10.2 Å². The van der Waals surface area contributed by atoms with E-state index in [0.29, 0.717) is 12.5 Å². The lowest BCUT2D eigenvalue weighted by molar-refractivity contribution is -0.0361. The van der Waals surface area contributed by atoms with Crippen LogP contribution in [0.5, 0.6) is 5.75 Å². The second kappa shape index (κ2) is 7.86. The lowest BCUT2D eigenvalue weighted by Crippen LogP contribution is -2.53. The predicted octanol–water partition coefficient (Wildman–Crippen LogP) is 4.94. The maximum Gasteiger partial charge on any atom is 0.407 e. The molecule has 2 aromatic rings. The van der Waals surface area contributed by atoms with E-state index in [2.05, 4.69) is 73.5 Å². The van der Waals surface area contributed by atoms with E-state index in [9.17, 15) is 4.79 Å². The van der Waals surface area contributed by atoms with Crippen LogP contribution in [0, 0.1) is 18.3 Å². The van der Waals surface area contributed by atoms with E-state index in [1.54, 1.807) is 0 Å². The Kier molecular flexibility index (Phi) is 5.17. The Labute approximate surface area is 184 Å². The summed E-state index contributed by atoms with van der Waals surface area (Å²) in [6.07, 6.45) is 1.96. The van der Waals surface area contributed by atoms with Crippen molar-refractivity contribution in [2.75, 3.05) is 26.2 Å². The normalized spacial score (nSPS) is 28.4. The first-order valence-electron chi connectivity index (χ1n) is 11.4. The zero-order chi connectivity index (χ0) is 21.6. The summed E-state index contributed by atoms with van der Waals surface area (Å²) in [4.78, 5) is 15.3. The Morgan fingerprint density at radius 3 is 2.48 bits per heavy atom. The summed E-state index contributed by atoms with van der Waals surface area (Å²) >= 11 is 0. The highest BCUT2D eigenvalue weighted by atomic mass is 16.6. The fraction of sp³-hybridized carbons (Fsp3) is 0.500. The third-order valence-electron chi connectivity index (χ3n) is 7.21. The minimum absolute atomic E-state index is 0.00818. The van der Waals surface area contributed by atoms with Crippen molar-refractivity contribution in [3.63, 3.8) is 0 Å². The minimum atomic E-state index is -0.313. The molecule has 2 atom stereocenters. The molecular weight excluding hydrogens is 388 g/mol. The van der Waals surface area contributed by atoms with Crippen LogP contribution in [0.25, 0.3) is 11.1 Å². The molecule has 1 N–H and O–H groups in total. The van der Waals surface area contributed by atoms with Crippen molar-refractivity contribution in [2.24, 2.45) is 11.3 Å². The number of hydrogen-bond donors (Lipinski definition) is 1. The summed E-state index contributed by atoms with van der Waals surface area (Å²) in [5, 5.41) is 3.18. The van der Waals surface area contributed by atoms with Gasteiger partial charge in [-0.05, 0) is 56.0 Å². The van der Waals surface area contributed by atoms with Crippen molar-refractivity contribution in [1.29, 1.82) is 0 Å². The highest BCUT2D eigenvalue weighted by molar-refractivity contribution is 5.70. The van der Waals surface area contributed by atoms with Crippen LogP contribution < -0.4 is 10.1 Å². The van der Waals surface area contributed by atoms with E-state index >= 15 is 0 Å². The van der Waals surface area contributed by atoms with Gasteiger partial charge in [-0.2, -0.15) is 0 Å². The zero-order valence-corrected chi connectivity index (χ0v) is 18.7. The number of fused-ring (bicyclic) bond motifs is 4. The fourth-order valence-electron chi connectivity index (χ4n) is 5.20. The number of benzene rings is 2. The Balaban J connectivity index is 1.35. The highest BCUT2D eigenvalue weighted by Crippen LogP contribution is 2.44. The minimum Gasteiger partial charge on any atom is -0.493 e. The Bertz CT molecular complexity index is 961. The number of hydrogen-bond acceptors (Lipinski definition) is 4. The first-order chi connectivity index (χ1) is 14.9. The average molecular weight is 421 g/mol. The topological polar surface area (TPSA) is 50.8 Å². The van der Waals surface area contributed by atoms with Gasteiger partial charge in [-0.3, -0.25) is 4.90 Å². The predicted molar refractivity (Wildman–Crippen MR) is 121 cm³/mol. The zero-order valence-electron chi connectivity index (χ0n) is 18.7. The van der Waals surface area contributed by atoms with Crippen LogP contribution >= 0.6 is 0 Å². The van der Waals surface area contributed by atoms with Crippen molar-refractivity contribution >= 4 is 6.09 Å². The van der Waals surface area contributed by atoms with Gasteiger partial charge >= 0.3 is 6.09 Å². The molecule has 3 saturated heterocycles. The summed E-state index contributed by atoms with van der Waals surface area (Å²) in [6.45, 7) is 10.0. The van der Waals surface area contributed by atoms with Gasteiger partial charge in [-0.15, -0.1) is 0 Å². The van der Waals surface area contributed by atoms with E-state index in [1.165, 1.54) is 5.56 Å². The van der Waals surface area contributed by atoms with Gasteiger partial charge < -0.3 is 14.8 Å². The number of rotatable bonds is 3. The van der Waals surface area contributed by atoms with E-state index < -0.39 is 0 Å². The number of carbonyl (C=O) groups is 1. The van der Waals surface area contributed by atoms with Gasteiger partial charge in [0, 0.05) is 17.5 Å². The van der Waals surface area contributed by atoms with Gasteiger partial charge in [0.1, 0.15) is 11.9 Å². The van der Waals surface area contributed by atoms with Crippen LogP contribution in [0.4, 0.5) is 4.79 Å². The smallest absolute Gasteiger partial charge is 0.407 e. The largest absolute Gasteiger partial charge is 0.493 e. The number of piperidine rings is 3. The van der Waals surface area contributed by atoms with E-state index in [1.807, 2.05) is 0 Å². The number of carbonyl (C=O) groups excluding carboxylic acids is 1. The fourth-order valence-corrected chi connectivity index (χ4v) is 5.20. The summed E-state index contributed by atoms with van der Waals surface area (Å²) < 4.78 is 12.0. The van der Waals surface area contributed by atoms with Gasteiger partial charge in [0.15, 0.2) is 0 Å². The van der Waals surface area contributed by atoms with Gasteiger partial charge in [0.2, 0.25) is 0 Å². The van der Waals surface area contributed by atoms with Crippen molar-refractivity contribution in [3.05, 3.63) is 53.6 Å². The van der Waals surface area contributed by atoms with Crippen molar-refractivity contribution < 1.29 is 14.3 Å². The molecule has 164 valence electrons. The van der Waals surface area contributed by atoms with E-state index in [4.69, 9.17) is 9.47 Å². The number of nitrogens with one attached hydrogen (secondary N) is 1. The first-order valence-corrected chi connectivity index (χ1v) is 11.4. The average Bonchev–Trinajstić information content (AvgIpc) is 2.77. The second-order valence-electron chi connectivity index (χ2n) is 10.1. The van der Waals surface area contributed by atoms with Crippen LogP contribution in [0.3, 0.4) is 0 Å². The second-order valence-corrected chi connectivity index (χ2v) is 10.1.